The van der Waals surface area contributed by atoms with E-state index in [2.05, 4.69) is 22.0 Å². The molecule has 0 unspecified atom stereocenters. The number of fused-ring (bicyclic) bond motifs is 1. The van der Waals surface area contributed by atoms with Gasteiger partial charge in [0.15, 0.2) is 0 Å². The van der Waals surface area contributed by atoms with E-state index in [0.29, 0.717) is 11.3 Å². The first-order chi connectivity index (χ1) is 14.3. The molecule has 4 aromatic rings. The van der Waals surface area contributed by atoms with Gasteiger partial charge in [0.1, 0.15) is 5.75 Å². The Morgan fingerprint density at radius 3 is 2.30 bits per heavy atom. The second-order valence-electron chi connectivity index (χ2n) is 7.70. The number of rotatable bonds is 3. The number of aryl methyl sites for hydroxylation is 4. The van der Waals surface area contributed by atoms with Crippen LogP contribution in [-0.2, 0) is 0 Å². The Morgan fingerprint density at radius 1 is 0.833 bits per heavy atom. The molecule has 0 atom stereocenters. The Labute approximate surface area is 184 Å². The molecule has 0 fully saturated rings. The van der Waals surface area contributed by atoms with E-state index in [1.807, 2.05) is 82.3 Å². The van der Waals surface area contributed by atoms with Gasteiger partial charge in [0, 0.05) is 15.4 Å². The summed E-state index contributed by atoms with van der Waals surface area (Å²) in [6.45, 7) is 7.97. The first kappa shape index (κ1) is 20.3. The van der Waals surface area contributed by atoms with Gasteiger partial charge in [0.25, 0.3) is 0 Å². The smallest absolute Gasteiger partial charge is 0.344 e. The van der Waals surface area contributed by atoms with E-state index in [0.717, 1.165) is 48.9 Å². The van der Waals surface area contributed by atoms with Gasteiger partial charge in [0.05, 0.1) is 16.8 Å². The van der Waals surface area contributed by atoms with Gasteiger partial charge < -0.3 is 4.74 Å². The van der Waals surface area contributed by atoms with E-state index >= 15 is 0 Å². The Kier molecular flexibility index (Phi) is 5.44. The maximum atomic E-state index is 13.3. The zero-order chi connectivity index (χ0) is 21.4. The lowest BCUT2D eigenvalue weighted by atomic mass is 10.00. The number of nitrogens with zero attached hydrogens (tertiary/aromatic N) is 1. The molecule has 0 spiro atoms. The van der Waals surface area contributed by atoms with Gasteiger partial charge in [-0.3, -0.25) is 0 Å². The normalized spacial score (nSPS) is 11.0. The lowest BCUT2D eigenvalue weighted by Crippen LogP contribution is -2.11. The highest BCUT2D eigenvalue weighted by Crippen LogP contribution is 2.30. The summed E-state index contributed by atoms with van der Waals surface area (Å²) < 4.78 is 6.83. The van der Waals surface area contributed by atoms with Crippen molar-refractivity contribution in [1.82, 2.24) is 4.98 Å². The predicted molar refractivity (Wildman–Crippen MR) is 125 cm³/mol. The van der Waals surface area contributed by atoms with Crippen molar-refractivity contribution in [2.75, 3.05) is 0 Å². The second kappa shape index (κ2) is 8.04. The van der Waals surface area contributed by atoms with Gasteiger partial charge in [-0.25, -0.2) is 9.78 Å². The van der Waals surface area contributed by atoms with Gasteiger partial charge in [-0.1, -0.05) is 51.8 Å². The number of aromatic nitrogens is 1. The summed E-state index contributed by atoms with van der Waals surface area (Å²) in [4.78, 5) is 18.2. The molecule has 4 heteroatoms. The number of carbonyl (C=O) groups is 1. The van der Waals surface area contributed by atoms with Crippen molar-refractivity contribution in [3.05, 3.63) is 93.0 Å². The molecule has 0 radical (unpaired) electrons. The minimum Gasteiger partial charge on any atom is -0.423 e. The summed E-state index contributed by atoms with van der Waals surface area (Å²) >= 11 is 3.47. The van der Waals surface area contributed by atoms with E-state index in [-0.39, 0.29) is 5.97 Å². The van der Waals surface area contributed by atoms with Crippen LogP contribution in [0.15, 0.2) is 65.1 Å². The van der Waals surface area contributed by atoms with Crippen molar-refractivity contribution in [1.29, 1.82) is 0 Å². The quantitative estimate of drug-likeness (QED) is 0.241. The molecule has 0 amide bonds. The van der Waals surface area contributed by atoms with Gasteiger partial charge >= 0.3 is 5.97 Å². The molecule has 1 heterocycles. The van der Waals surface area contributed by atoms with Crippen LogP contribution in [0.2, 0.25) is 0 Å². The zero-order valence-electron chi connectivity index (χ0n) is 17.4. The zero-order valence-corrected chi connectivity index (χ0v) is 19.0. The maximum absolute atomic E-state index is 13.3. The first-order valence-electron chi connectivity index (χ1n) is 9.79. The summed E-state index contributed by atoms with van der Waals surface area (Å²) in [5, 5.41) is 0.809. The average molecular weight is 460 g/mol. The number of hydrogen-bond acceptors (Lipinski definition) is 3. The van der Waals surface area contributed by atoms with Crippen LogP contribution >= 0.6 is 15.9 Å². The highest BCUT2D eigenvalue weighted by atomic mass is 79.9. The lowest BCUT2D eigenvalue weighted by molar-refractivity contribution is 0.0735. The fraction of sp³-hybridized carbons (Fsp3) is 0.154. The highest BCUT2D eigenvalue weighted by Gasteiger charge is 2.18. The van der Waals surface area contributed by atoms with Gasteiger partial charge in [0.2, 0.25) is 0 Å². The molecule has 4 rings (SSSR count). The van der Waals surface area contributed by atoms with Crippen molar-refractivity contribution >= 4 is 32.8 Å². The molecule has 0 N–H and O–H groups in total. The average Bonchev–Trinajstić information content (AvgIpc) is 2.70. The molecule has 0 saturated heterocycles. The van der Waals surface area contributed by atoms with Crippen LogP contribution in [0.25, 0.3) is 22.2 Å². The summed E-state index contributed by atoms with van der Waals surface area (Å²) in [6, 6.07) is 19.7. The van der Waals surface area contributed by atoms with Crippen LogP contribution in [0, 0.1) is 27.7 Å². The van der Waals surface area contributed by atoms with Crippen LogP contribution in [0.4, 0.5) is 0 Å². The van der Waals surface area contributed by atoms with Crippen LogP contribution in [-0.4, -0.2) is 11.0 Å². The van der Waals surface area contributed by atoms with Gasteiger partial charge in [-0.2, -0.15) is 0 Å². The summed E-state index contributed by atoms with van der Waals surface area (Å²) in [5.41, 5.74) is 7.11. The van der Waals surface area contributed by atoms with Gasteiger partial charge in [-0.15, -0.1) is 0 Å². The van der Waals surface area contributed by atoms with Crippen LogP contribution in [0.3, 0.4) is 0 Å². The number of ether oxygens (including phenoxy) is 1. The first-order valence-corrected chi connectivity index (χ1v) is 10.6. The molecule has 30 heavy (non-hydrogen) atoms. The molecule has 3 nitrogen and oxygen atoms in total. The fourth-order valence-electron chi connectivity index (χ4n) is 3.59. The van der Waals surface area contributed by atoms with Crippen molar-refractivity contribution in [2.45, 2.75) is 27.7 Å². The molecule has 0 aliphatic carbocycles. The largest absolute Gasteiger partial charge is 0.423 e. The molecular formula is C26H22BrNO2. The number of pyridine rings is 1. The summed E-state index contributed by atoms with van der Waals surface area (Å²) in [5.74, 6) is 0.207. The standard InChI is InChI=1S/C26H22BrNO2/c1-15-5-6-17(3)24(13-15)30-26(29)22-14-23(19-7-9-20(27)10-8-19)28-25-18(4)11-16(2)12-21(22)25/h5-14H,1-4H3. The third kappa shape index (κ3) is 4.01. The number of hydrogen-bond donors (Lipinski definition) is 0. The molecule has 3 aromatic carbocycles. The van der Waals surface area contributed by atoms with Crippen molar-refractivity contribution < 1.29 is 9.53 Å². The van der Waals surface area contributed by atoms with Crippen molar-refractivity contribution in [3.8, 4) is 17.0 Å². The third-order valence-electron chi connectivity index (χ3n) is 5.15. The molecule has 0 aliphatic rings. The lowest BCUT2D eigenvalue weighted by Gasteiger charge is -2.13. The van der Waals surface area contributed by atoms with E-state index in [4.69, 9.17) is 9.72 Å². The predicted octanol–water partition coefficient (Wildman–Crippen LogP) is 7.12. The molecule has 0 saturated carbocycles. The van der Waals surface area contributed by atoms with Crippen LogP contribution < -0.4 is 4.74 Å². The molecular weight excluding hydrogens is 438 g/mol. The van der Waals surface area contributed by atoms with E-state index in [9.17, 15) is 4.79 Å². The Balaban J connectivity index is 1.89. The van der Waals surface area contributed by atoms with Crippen LogP contribution in [0.1, 0.15) is 32.6 Å². The number of carbonyl (C=O) groups excluding carboxylic acids is 1. The van der Waals surface area contributed by atoms with Gasteiger partial charge in [-0.05, 0) is 74.7 Å². The monoisotopic (exact) mass is 459 g/mol. The Bertz CT molecular complexity index is 1280. The highest BCUT2D eigenvalue weighted by molar-refractivity contribution is 9.10. The number of benzene rings is 3. The minimum atomic E-state index is -0.375. The minimum absolute atomic E-state index is 0.375. The number of halogens is 1. The number of esters is 1. The Hall–Kier alpha value is -2.98. The molecule has 1 aromatic heterocycles. The third-order valence-corrected chi connectivity index (χ3v) is 5.68. The van der Waals surface area contributed by atoms with Crippen molar-refractivity contribution in [3.63, 3.8) is 0 Å². The maximum Gasteiger partial charge on any atom is 0.344 e. The van der Waals surface area contributed by atoms with E-state index in [1.54, 1.807) is 0 Å². The molecule has 0 bridgehead atoms. The topological polar surface area (TPSA) is 39.2 Å². The van der Waals surface area contributed by atoms with Crippen LogP contribution in [0.5, 0.6) is 5.75 Å². The van der Waals surface area contributed by atoms with Crippen molar-refractivity contribution in [2.24, 2.45) is 0 Å². The summed E-state index contributed by atoms with van der Waals surface area (Å²) in [6.07, 6.45) is 0. The van der Waals surface area contributed by atoms with E-state index < -0.39 is 0 Å². The Morgan fingerprint density at radius 2 is 1.57 bits per heavy atom. The SMILES string of the molecule is Cc1ccc(C)c(OC(=O)c2cc(-c3ccc(Br)cc3)nc3c(C)cc(C)cc23)c1. The van der Waals surface area contributed by atoms with E-state index in [1.165, 1.54) is 0 Å². The molecule has 0 aliphatic heterocycles. The summed E-state index contributed by atoms with van der Waals surface area (Å²) in [7, 11) is 0. The molecule has 150 valence electrons. The fourth-order valence-corrected chi connectivity index (χ4v) is 3.85. The second-order valence-corrected chi connectivity index (χ2v) is 8.61.